The van der Waals surface area contributed by atoms with Crippen molar-refractivity contribution in [3.8, 4) is 0 Å². The summed E-state index contributed by atoms with van der Waals surface area (Å²) >= 11 is 0. The van der Waals surface area contributed by atoms with Crippen molar-refractivity contribution in [3.05, 3.63) is 53.6 Å². The van der Waals surface area contributed by atoms with E-state index in [9.17, 15) is 9.59 Å². The van der Waals surface area contributed by atoms with Crippen LogP contribution in [0, 0.1) is 0 Å². The number of anilines is 1. The van der Waals surface area contributed by atoms with Crippen LogP contribution in [-0.2, 0) is 4.79 Å². The van der Waals surface area contributed by atoms with Crippen LogP contribution in [0.5, 0.6) is 0 Å². The first-order valence-corrected chi connectivity index (χ1v) is 8.00. The maximum atomic E-state index is 12.4. The van der Waals surface area contributed by atoms with Gasteiger partial charge in [0.05, 0.1) is 12.7 Å². The van der Waals surface area contributed by atoms with Crippen LogP contribution in [0.2, 0.25) is 0 Å². The fourth-order valence-corrected chi connectivity index (χ4v) is 2.79. The molecule has 2 aromatic rings. The maximum absolute atomic E-state index is 12.4. The van der Waals surface area contributed by atoms with E-state index in [1.165, 1.54) is 10.6 Å². The van der Waals surface area contributed by atoms with Gasteiger partial charge in [-0.05, 0) is 12.1 Å². The quantitative estimate of drug-likeness (QED) is 0.807. The fraction of sp³-hybridized carbons (Fsp3) is 0.353. The van der Waals surface area contributed by atoms with E-state index in [-0.39, 0.29) is 18.0 Å². The van der Waals surface area contributed by atoms with Crippen molar-refractivity contribution < 1.29 is 4.79 Å². The van der Waals surface area contributed by atoms with Crippen molar-refractivity contribution in [2.75, 3.05) is 44.6 Å². The molecule has 1 saturated heterocycles. The van der Waals surface area contributed by atoms with E-state index in [1.807, 2.05) is 17.0 Å². The van der Waals surface area contributed by atoms with Crippen molar-refractivity contribution in [1.82, 2.24) is 19.2 Å². The van der Waals surface area contributed by atoms with Gasteiger partial charge in [0.2, 0.25) is 5.91 Å². The van der Waals surface area contributed by atoms with E-state index in [1.54, 1.807) is 18.3 Å². The summed E-state index contributed by atoms with van der Waals surface area (Å²) in [5, 5.41) is 2.92. The number of hydrogen-bond acceptors (Lipinski definition) is 5. The Morgan fingerprint density at radius 3 is 2.83 bits per heavy atom. The lowest BCUT2D eigenvalue weighted by Gasteiger charge is -2.34. The number of rotatable bonds is 5. The molecule has 0 aromatic carbocycles. The Morgan fingerprint density at radius 1 is 1.29 bits per heavy atom. The molecule has 0 radical (unpaired) electrons. The van der Waals surface area contributed by atoms with Crippen molar-refractivity contribution in [3.63, 3.8) is 0 Å². The van der Waals surface area contributed by atoms with Crippen LogP contribution in [0.15, 0.2) is 48.0 Å². The number of nitrogens with zero attached hydrogens (tertiary/aromatic N) is 4. The third-order valence-electron chi connectivity index (χ3n) is 4.16. The molecule has 0 atom stereocenters. The Bertz CT molecular complexity index is 793. The second-order valence-corrected chi connectivity index (χ2v) is 5.73. The lowest BCUT2D eigenvalue weighted by Crippen LogP contribution is -2.50. The topological polar surface area (TPSA) is 69.9 Å². The molecule has 2 aromatic heterocycles. The van der Waals surface area contributed by atoms with Gasteiger partial charge in [0.15, 0.2) is 0 Å². The summed E-state index contributed by atoms with van der Waals surface area (Å²) in [5.41, 5.74) is 0.708. The lowest BCUT2D eigenvalue weighted by molar-refractivity contribution is -0.130. The number of carbonyl (C=O) groups is 1. The van der Waals surface area contributed by atoms with Crippen LogP contribution >= 0.6 is 0 Å². The number of pyridine rings is 1. The van der Waals surface area contributed by atoms with Crippen LogP contribution in [0.3, 0.4) is 0 Å². The molecule has 0 unspecified atom stereocenters. The third-order valence-corrected chi connectivity index (χ3v) is 4.16. The average Bonchev–Trinajstić information content (AvgIpc) is 2.62. The summed E-state index contributed by atoms with van der Waals surface area (Å²) in [6, 6.07) is 5.36. The molecule has 0 aliphatic carbocycles. The second kappa shape index (κ2) is 7.27. The van der Waals surface area contributed by atoms with Crippen molar-refractivity contribution in [2.24, 2.45) is 0 Å². The Balaban J connectivity index is 1.60. The highest BCUT2D eigenvalue weighted by molar-refractivity contribution is 5.80. The molecule has 7 nitrogen and oxygen atoms in total. The molecule has 1 aliphatic heterocycles. The van der Waals surface area contributed by atoms with Crippen molar-refractivity contribution in [1.29, 1.82) is 0 Å². The minimum Gasteiger partial charge on any atom is -0.370 e. The van der Waals surface area contributed by atoms with Crippen LogP contribution in [0.4, 0.5) is 5.69 Å². The SMILES string of the molecule is C=CCN1CCN(C(=O)CNc2cnc3ccccn3c2=O)CC1. The summed E-state index contributed by atoms with van der Waals surface area (Å²) in [6.45, 7) is 7.76. The highest BCUT2D eigenvalue weighted by Gasteiger charge is 2.20. The predicted octanol–water partition coefficient (Wildman–Crippen LogP) is 0.437. The predicted molar refractivity (Wildman–Crippen MR) is 93.2 cm³/mol. The molecule has 3 rings (SSSR count). The molecule has 1 amide bonds. The first kappa shape index (κ1) is 16.2. The normalized spacial score (nSPS) is 15.4. The number of piperazine rings is 1. The molecule has 1 N–H and O–H groups in total. The van der Waals surface area contributed by atoms with E-state index < -0.39 is 0 Å². The standard InChI is InChI=1S/C17H21N5O2/c1-2-6-20-8-10-21(11-9-20)16(23)13-18-14-12-19-15-5-3-4-7-22(15)17(14)24/h2-5,7,12,18H,1,6,8-11,13H2. The number of amides is 1. The molecule has 0 spiro atoms. The first-order valence-electron chi connectivity index (χ1n) is 8.00. The highest BCUT2D eigenvalue weighted by atomic mass is 16.2. The second-order valence-electron chi connectivity index (χ2n) is 5.73. The fourth-order valence-electron chi connectivity index (χ4n) is 2.79. The lowest BCUT2D eigenvalue weighted by atomic mass is 10.3. The number of hydrogen-bond donors (Lipinski definition) is 1. The summed E-state index contributed by atoms with van der Waals surface area (Å²) in [5.74, 6) is -0.00851. The summed E-state index contributed by atoms with van der Waals surface area (Å²) in [4.78, 5) is 33.0. The Morgan fingerprint density at radius 2 is 2.08 bits per heavy atom. The largest absolute Gasteiger partial charge is 0.370 e. The van der Waals surface area contributed by atoms with Gasteiger partial charge in [0.1, 0.15) is 11.3 Å². The summed E-state index contributed by atoms with van der Waals surface area (Å²) in [7, 11) is 0. The molecule has 0 saturated carbocycles. The minimum absolute atomic E-state index is 0.00851. The molecule has 0 bridgehead atoms. The highest BCUT2D eigenvalue weighted by Crippen LogP contribution is 2.04. The maximum Gasteiger partial charge on any atom is 0.281 e. The molecule has 1 aliphatic rings. The van der Waals surface area contributed by atoms with Gasteiger partial charge in [-0.25, -0.2) is 4.98 Å². The van der Waals surface area contributed by atoms with Gasteiger partial charge in [0, 0.05) is 38.9 Å². The van der Waals surface area contributed by atoms with E-state index >= 15 is 0 Å². The van der Waals surface area contributed by atoms with E-state index in [0.717, 1.165) is 19.6 Å². The van der Waals surface area contributed by atoms with E-state index in [0.29, 0.717) is 24.4 Å². The molecule has 126 valence electrons. The van der Waals surface area contributed by atoms with Gasteiger partial charge >= 0.3 is 0 Å². The molecule has 7 heteroatoms. The van der Waals surface area contributed by atoms with Crippen LogP contribution < -0.4 is 10.9 Å². The Hall–Kier alpha value is -2.67. The zero-order valence-corrected chi connectivity index (χ0v) is 13.5. The van der Waals surface area contributed by atoms with Gasteiger partial charge in [-0.2, -0.15) is 0 Å². The average molecular weight is 327 g/mol. The van der Waals surface area contributed by atoms with Gasteiger partial charge in [-0.1, -0.05) is 12.1 Å². The zero-order chi connectivity index (χ0) is 16.9. The van der Waals surface area contributed by atoms with Gasteiger partial charge in [-0.15, -0.1) is 6.58 Å². The van der Waals surface area contributed by atoms with E-state index in [4.69, 9.17) is 0 Å². The number of aromatic nitrogens is 2. The van der Waals surface area contributed by atoms with Crippen molar-refractivity contribution >= 4 is 17.2 Å². The van der Waals surface area contributed by atoms with Crippen LogP contribution in [0.1, 0.15) is 0 Å². The summed E-state index contributed by atoms with van der Waals surface area (Å²) < 4.78 is 1.46. The number of nitrogens with one attached hydrogen (secondary N) is 1. The van der Waals surface area contributed by atoms with Crippen LogP contribution in [0.25, 0.3) is 5.65 Å². The first-order chi connectivity index (χ1) is 11.7. The van der Waals surface area contributed by atoms with Crippen LogP contribution in [-0.4, -0.2) is 64.4 Å². The monoisotopic (exact) mass is 327 g/mol. The van der Waals surface area contributed by atoms with Crippen molar-refractivity contribution in [2.45, 2.75) is 0 Å². The Labute approximate surface area is 140 Å². The minimum atomic E-state index is -0.204. The van der Waals surface area contributed by atoms with Gasteiger partial charge in [0.25, 0.3) is 5.56 Å². The van der Waals surface area contributed by atoms with E-state index in [2.05, 4.69) is 21.8 Å². The number of fused-ring (bicyclic) bond motifs is 1. The third kappa shape index (κ3) is 3.46. The molecule has 3 heterocycles. The van der Waals surface area contributed by atoms with Gasteiger partial charge < -0.3 is 10.2 Å². The molecule has 24 heavy (non-hydrogen) atoms. The summed E-state index contributed by atoms with van der Waals surface area (Å²) in [6.07, 6.45) is 5.02. The van der Waals surface area contributed by atoms with Gasteiger partial charge in [-0.3, -0.25) is 18.9 Å². The zero-order valence-electron chi connectivity index (χ0n) is 13.5. The molecule has 1 fully saturated rings. The molecular formula is C17H21N5O2. The number of carbonyl (C=O) groups excluding carboxylic acids is 1. The molecular weight excluding hydrogens is 306 g/mol. The smallest absolute Gasteiger partial charge is 0.281 e. The Kier molecular flexibility index (Phi) is 4.90.